The van der Waals surface area contributed by atoms with Crippen molar-refractivity contribution in [3.05, 3.63) is 17.0 Å². The van der Waals surface area contributed by atoms with Crippen molar-refractivity contribution in [2.75, 3.05) is 26.3 Å². The first kappa shape index (κ1) is 19.2. The van der Waals surface area contributed by atoms with E-state index in [4.69, 9.17) is 9.88 Å². The number of sulfonamides is 1. The largest absolute Gasteiger partial charge is 0.381 e. The molecule has 4 N–H and O–H groups in total. The Kier molecular flexibility index (Phi) is 7.47. The van der Waals surface area contributed by atoms with Crippen LogP contribution in [0.4, 0.5) is 0 Å². The summed E-state index contributed by atoms with van der Waals surface area (Å²) in [5.74, 6) is 1.51. The second-order valence-corrected chi connectivity index (χ2v) is 8.72. The van der Waals surface area contributed by atoms with Gasteiger partial charge < -0.3 is 15.4 Å². The molecule has 9 heteroatoms. The van der Waals surface area contributed by atoms with Gasteiger partial charge in [-0.2, -0.15) is 0 Å². The maximum absolute atomic E-state index is 11.3. The Bertz CT molecular complexity index is 639. The van der Waals surface area contributed by atoms with Crippen LogP contribution in [0.15, 0.2) is 21.3 Å². The summed E-state index contributed by atoms with van der Waals surface area (Å²) in [6.45, 7) is 5.60. The second-order valence-electron chi connectivity index (χ2n) is 5.76. The van der Waals surface area contributed by atoms with Gasteiger partial charge in [-0.25, -0.2) is 18.5 Å². The van der Waals surface area contributed by atoms with Crippen molar-refractivity contribution < 1.29 is 13.2 Å². The molecule has 1 aliphatic rings. The Morgan fingerprint density at radius 3 is 2.83 bits per heavy atom. The molecule has 1 heterocycles. The van der Waals surface area contributed by atoms with Crippen molar-refractivity contribution in [2.45, 2.75) is 36.9 Å². The molecule has 0 radical (unpaired) electrons. The molecule has 0 amide bonds. The lowest BCUT2D eigenvalue weighted by Crippen LogP contribution is -2.38. The third kappa shape index (κ3) is 7.16. The van der Waals surface area contributed by atoms with Gasteiger partial charge in [0.1, 0.15) is 4.21 Å². The summed E-state index contributed by atoms with van der Waals surface area (Å²) in [6, 6.07) is 3.26. The summed E-state index contributed by atoms with van der Waals surface area (Å²) in [5.41, 5.74) is 0. The van der Waals surface area contributed by atoms with Gasteiger partial charge in [0.15, 0.2) is 5.96 Å². The smallest absolute Gasteiger partial charge is 0.247 e. The van der Waals surface area contributed by atoms with E-state index >= 15 is 0 Å². The Hall–Kier alpha value is -1.16. The molecule has 0 saturated heterocycles. The summed E-state index contributed by atoms with van der Waals surface area (Å²) in [4.78, 5) is 5.31. The number of rotatable bonds is 10. The van der Waals surface area contributed by atoms with Crippen LogP contribution in [0.1, 0.15) is 31.1 Å². The lowest BCUT2D eigenvalue weighted by Gasteiger charge is -2.11. The molecule has 0 unspecified atom stereocenters. The third-order valence-corrected chi connectivity index (χ3v) is 5.97. The van der Waals surface area contributed by atoms with E-state index in [-0.39, 0.29) is 4.21 Å². The molecule has 1 aromatic rings. The molecule has 24 heavy (non-hydrogen) atoms. The van der Waals surface area contributed by atoms with Gasteiger partial charge in [-0.15, -0.1) is 11.3 Å². The van der Waals surface area contributed by atoms with E-state index in [1.165, 1.54) is 18.9 Å². The molecule has 0 bridgehead atoms. The van der Waals surface area contributed by atoms with Crippen LogP contribution in [-0.4, -0.2) is 40.7 Å². The highest BCUT2D eigenvalue weighted by Crippen LogP contribution is 2.28. The van der Waals surface area contributed by atoms with E-state index < -0.39 is 10.0 Å². The SMILES string of the molecule is CCNC(=NCc1ccc(S(N)(=O)=O)s1)NCCCOCC1CC1. The number of hydrogen-bond acceptors (Lipinski definition) is 5. The fraction of sp³-hybridized carbons (Fsp3) is 0.667. The van der Waals surface area contributed by atoms with E-state index in [1.807, 2.05) is 6.92 Å². The Balaban J connectivity index is 1.73. The van der Waals surface area contributed by atoms with Gasteiger partial charge in [0.25, 0.3) is 0 Å². The maximum Gasteiger partial charge on any atom is 0.247 e. The van der Waals surface area contributed by atoms with Crippen LogP contribution in [0, 0.1) is 5.92 Å². The quantitative estimate of drug-likeness (QED) is 0.325. The lowest BCUT2D eigenvalue weighted by molar-refractivity contribution is 0.123. The minimum Gasteiger partial charge on any atom is -0.381 e. The number of aliphatic imine (C=N–C) groups is 1. The number of nitrogens with two attached hydrogens (primary N) is 1. The van der Waals surface area contributed by atoms with Crippen molar-refractivity contribution in [3.8, 4) is 0 Å². The average molecular weight is 375 g/mol. The number of primary sulfonamides is 1. The highest BCUT2D eigenvalue weighted by atomic mass is 32.2. The first-order chi connectivity index (χ1) is 11.5. The highest BCUT2D eigenvalue weighted by molar-refractivity contribution is 7.91. The maximum atomic E-state index is 11.3. The Morgan fingerprint density at radius 1 is 1.42 bits per heavy atom. The molecule has 1 fully saturated rings. The molecule has 1 aromatic heterocycles. The molecule has 7 nitrogen and oxygen atoms in total. The fourth-order valence-corrected chi connectivity index (χ4v) is 3.71. The van der Waals surface area contributed by atoms with Crippen LogP contribution in [0.25, 0.3) is 0 Å². The van der Waals surface area contributed by atoms with Gasteiger partial charge >= 0.3 is 0 Å². The number of nitrogens with zero attached hydrogens (tertiary/aromatic N) is 1. The molecule has 1 saturated carbocycles. The minimum absolute atomic E-state index is 0.165. The van der Waals surface area contributed by atoms with Crippen molar-refractivity contribution in [3.63, 3.8) is 0 Å². The molecular weight excluding hydrogens is 348 g/mol. The second kappa shape index (κ2) is 9.36. The van der Waals surface area contributed by atoms with Crippen molar-refractivity contribution >= 4 is 27.3 Å². The van der Waals surface area contributed by atoms with Crippen molar-refractivity contribution in [2.24, 2.45) is 16.0 Å². The van der Waals surface area contributed by atoms with Crippen LogP contribution in [0.2, 0.25) is 0 Å². The van der Waals surface area contributed by atoms with E-state index in [0.29, 0.717) is 12.5 Å². The van der Waals surface area contributed by atoms with Gasteiger partial charge in [-0.3, -0.25) is 0 Å². The molecule has 0 atom stereocenters. The number of thiophene rings is 1. The van der Waals surface area contributed by atoms with Crippen LogP contribution in [0.3, 0.4) is 0 Å². The van der Waals surface area contributed by atoms with Gasteiger partial charge in [-0.05, 0) is 44.2 Å². The number of nitrogens with one attached hydrogen (secondary N) is 2. The summed E-state index contributed by atoms with van der Waals surface area (Å²) < 4.78 is 28.3. The van der Waals surface area contributed by atoms with E-state index in [2.05, 4.69) is 15.6 Å². The molecule has 0 aromatic carbocycles. The van der Waals surface area contributed by atoms with Crippen LogP contribution in [0.5, 0.6) is 0 Å². The van der Waals surface area contributed by atoms with Crippen LogP contribution >= 0.6 is 11.3 Å². The highest BCUT2D eigenvalue weighted by Gasteiger charge is 2.20. The van der Waals surface area contributed by atoms with E-state index in [1.54, 1.807) is 6.07 Å². The molecule has 1 aliphatic carbocycles. The third-order valence-electron chi connectivity index (χ3n) is 3.46. The number of ether oxygens (including phenoxy) is 1. The van der Waals surface area contributed by atoms with Gasteiger partial charge in [0.2, 0.25) is 10.0 Å². The molecular formula is C15H26N4O3S2. The van der Waals surface area contributed by atoms with Crippen LogP contribution < -0.4 is 15.8 Å². The topological polar surface area (TPSA) is 106 Å². The normalized spacial score (nSPS) is 15.5. The summed E-state index contributed by atoms with van der Waals surface area (Å²) in [6.07, 6.45) is 3.54. The monoisotopic (exact) mass is 374 g/mol. The fourth-order valence-electron chi connectivity index (χ4n) is 2.01. The lowest BCUT2D eigenvalue weighted by atomic mass is 10.4. The predicted molar refractivity (Wildman–Crippen MR) is 96.7 cm³/mol. The summed E-state index contributed by atoms with van der Waals surface area (Å²) in [5, 5.41) is 11.5. The molecule has 0 aliphatic heterocycles. The van der Waals surface area contributed by atoms with Gasteiger partial charge in [0.05, 0.1) is 6.54 Å². The first-order valence-electron chi connectivity index (χ1n) is 8.20. The Labute approximate surface area is 147 Å². The predicted octanol–water partition coefficient (Wildman–Crippen LogP) is 1.27. The van der Waals surface area contributed by atoms with Crippen molar-refractivity contribution in [1.29, 1.82) is 0 Å². The first-order valence-corrected chi connectivity index (χ1v) is 10.6. The van der Waals surface area contributed by atoms with Gasteiger partial charge in [0, 0.05) is 31.2 Å². The Morgan fingerprint density at radius 2 is 2.21 bits per heavy atom. The van der Waals surface area contributed by atoms with Crippen molar-refractivity contribution in [1.82, 2.24) is 10.6 Å². The van der Waals surface area contributed by atoms with Crippen LogP contribution in [-0.2, 0) is 21.3 Å². The number of guanidine groups is 1. The zero-order valence-corrected chi connectivity index (χ0v) is 15.6. The van der Waals surface area contributed by atoms with E-state index in [9.17, 15) is 8.42 Å². The van der Waals surface area contributed by atoms with Gasteiger partial charge in [-0.1, -0.05) is 0 Å². The minimum atomic E-state index is -3.63. The zero-order valence-electron chi connectivity index (χ0n) is 14.0. The molecule has 136 valence electrons. The standard InChI is InChI=1S/C15H26N4O3S2/c1-2-17-15(18-8-3-9-22-11-12-4-5-12)19-10-13-6-7-14(23-13)24(16,20)21/h6-7,12H,2-5,8-11H2,1H3,(H2,16,20,21)(H2,17,18,19). The summed E-state index contributed by atoms with van der Waals surface area (Å²) >= 11 is 1.15. The molecule has 0 spiro atoms. The zero-order chi connectivity index (χ0) is 17.4. The molecule has 2 rings (SSSR count). The average Bonchev–Trinajstić information content (AvgIpc) is 3.21. The number of hydrogen-bond donors (Lipinski definition) is 3. The summed E-state index contributed by atoms with van der Waals surface area (Å²) in [7, 11) is -3.63. The van der Waals surface area contributed by atoms with E-state index in [0.717, 1.165) is 54.9 Å².